The van der Waals surface area contributed by atoms with Gasteiger partial charge in [-0.3, -0.25) is 14.6 Å². The molecule has 0 saturated carbocycles. The van der Waals surface area contributed by atoms with Crippen molar-refractivity contribution in [3.05, 3.63) is 30.1 Å². The second kappa shape index (κ2) is 8.25. The molecule has 2 heterocycles. The lowest BCUT2D eigenvalue weighted by Gasteiger charge is -2.38. The SMILES string of the molecule is C[C@@H]1CN(C[C@@H]2CCCN2CC(=O)Nc2cccc(F)c2)C[C@H](C)O1. The zero-order chi connectivity index (χ0) is 17.8. The van der Waals surface area contributed by atoms with Crippen LogP contribution in [0.1, 0.15) is 26.7 Å². The summed E-state index contributed by atoms with van der Waals surface area (Å²) in [6, 6.07) is 6.42. The number of ether oxygens (including phenoxy) is 1. The van der Waals surface area contributed by atoms with Crippen molar-refractivity contribution in [1.82, 2.24) is 9.80 Å². The van der Waals surface area contributed by atoms with Crippen molar-refractivity contribution in [3.8, 4) is 0 Å². The molecule has 1 aromatic carbocycles. The zero-order valence-electron chi connectivity index (χ0n) is 15.1. The Morgan fingerprint density at radius 2 is 2.08 bits per heavy atom. The molecule has 5 nitrogen and oxygen atoms in total. The molecular weight excluding hydrogens is 321 g/mol. The second-order valence-corrected chi connectivity index (χ2v) is 7.30. The molecular formula is C19H28FN3O2. The van der Waals surface area contributed by atoms with Crippen molar-refractivity contribution in [2.24, 2.45) is 0 Å². The van der Waals surface area contributed by atoms with E-state index in [0.717, 1.165) is 39.0 Å². The van der Waals surface area contributed by atoms with Crippen LogP contribution in [0.3, 0.4) is 0 Å². The molecule has 1 aromatic rings. The topological polar surface area (TPSA) is 44.8 Å². The third-order valence-corrected chi connectivity index (χ3v) is 4.92. The number of nitrogens with zero attached hydrogens (tertiary/aromatic N) is 2. The van der Waals surface area contributed by atoms with Gasteiger partial charge in [0, 0.05) is 31.4 Å². The van der Waals surface area contributed by atoms with E-state index in [4.69, 9.17) is 4.74 Å². The van der Waals surface area contributed by atoms with Crippen LogP contribution in [-0.2, 0) is 9.53 Å². The van der Waals surface area contributed by atoms with Crippen molar-refractivity contribution in [2.45, 2.75) is 44.9 Å². The summed E-state index contributed by atoms with van der Waals surface area (Å²) in [6.07, 6.45) is 2.76. The minimum atomic E-state index is -0.340. The highest BCUT2D eigenvalue weighted by molar-refractivity contribution is 5.92. The number of morpholine rings is 1. The Bertz CT molecular complexity index is 588. The molecule has 3 rings (SSSR count). The van der Waals surface area contributed by atoms with E-state index in [0.29, 0.717) is 18.3 Å². The van der Waals surface area contributed by atoms with Gasteiger partial charge in [-0.15, -0.1) is 0 Å². The van der Waals surface area contributed by atoms with Crippen molar-refractivity contribution < 1.29 is 13.9 Å². The van der Waals surface area contributed by atoms with Crippen LogP contribution in [0.15, 0.2) is 24.3 Å². The largest absolute Gasteiger partial charge is 0.373 e. The number of carbonyl (C=O) groups is 1. The van der Waals surface area contributed by atoms with Gasteiger partial charge in [-0.1, -0.05) is 6.07 Å². The van der Waals surface area contributed by atoms with Crippen molar-refractivity contribution in [3.63, 3.8) is 0 Å². The summed E-state index contributed by atoms with van der Waals surface area (Å²) < 4.78 is 19.0. The van der Waals surface area contributed by atoms with Crippen LogP contribution in [0, 0.1) is 5.82 Å². The maximum atomic E-state index is 13.2. The molecule has 0 radical (unpaired) electrons. The van der Waals surface area contributed by atoms with Crippen LogP contribution < -0.4 is 5.32 Å². The van der Waals surface area contributed by atoms with E-state index in [1.54, 1.807) is 12.1 Å². The smallest absolute Gasteiger partial charge is 0.238 e. The standard InChI is InChI=1S/C19H28FN3O2/c1-14-10-22(11-15(2)25-14)12-18-7-4-8-23(18)13-19(24)21-17-6-3-5-16(20)9-17/h3,5-6,9,14-15,18H,4,7-8,10-13H2,1-2H3,(H,21,24)/t14-,15+,18-/m0/s1. The monoisotopic (exact) mass is 349 g/mol. The lowest BCUT2D eigenvalue weighted by Crippen LogP contribution is -2.50. The van der Waals surface area contributed by atoms with E-state index in [1.807, 2.05) is 0 Å². The molecule has 25 heavy (non-hydrogen) atoms. The highest BCUT2D eigenvalue weighted by atomic mass is 19.1. The van der Waals surface area contributed by atoms with Crippen LogP contribution in [0.25, 0.3) is 0 Å². The van der Waals surface area contributed by atoms with Crippen LogP contribution in [-0.4, -0.2) is 66.7 Å². The molecule has 0 unspecified atom stereocenters. The van der Waals surface area contributed by atoms with E-state index in [9.17, 15) is 9.18 Å². The van der Waals surface area contributed by atoms with E-state index in [2.05, 4.69) is 29.0 Å². The number of hydrogen-bond donors (Lipinski definition) is 1. The second-order valence-electron chi connectivity index (χ2n) is 7.30. The molecule has 0 aromatic heterocycles. The average Bonchev–Trinajstić information content (AvgIpc) is 2.93. The third-order valence-electron chi connectivity index (χ3n) is 4.92. The Morgan fingerprint density at radius 1 is 1.32 bits per heavy atom. The Kier molecular flexibility index (Phi) is 6.04. The fourth-order valence-corrected chi connectivity index (χ4v) is 3.99. The normalized spacial score (nSPS) is 28.2. The molecule has 1 amide bonds. The summed E-state index contributed by atoms with van der Waals surface area (Å²) in [7, 11) is 0. The number of likely N-dealkylation sites (tertiary alicyclic amines) is 1. The number of nitrogens with one attached hydrogen (secondary N) is 1. The number of hydrogen-bond acceptors (Lipinski definition) is 4. The van der Waals surface area contributed by atoms with Crippen LogP contribution in [0.5, 0.6) is 0 Å². The molecule has 2 aliphatic heterocycles. The molecule has 1 N–H and O–H groups in total. The predicted octanol–water partition coefficient (Wildman–Crippen LogP) is 2.34. The molecule has 6 heteroatoms. The number of rotatable bonds is 5. The molecule has 0 spiro atoms. The Balaban J connectivity index is 1.52. The van der Waals surface area contributed by atoms with Crippen LogP contribution >= 0.6 is 0 Å². The highest BCUT2D eigenvalue weighted by Gasteiger charge is 2.30. The van der Waals surface area contributed by atoms with Gasteiger partial charge in [0.25, 0.3) is 0 Å². The first-order valence-corrected chi connectivity index (χ1v) is 9.17. The highest BCUT2D eigenvalue weighted by Crippen LogP contribution is 2.20. The summed E-state index contributed by atoms with van der Waals surface area (Å²) in [6.45, 7) is 8.40. The molecule has 3 atom stereocenters. The van der Waals surface area contributed by atoms with Crippen molar-refractivity contribution in [2.75, 3.05) is 38.0 Å². The first kappa shape index (κ1) is 18.3. The summed E-state index contributed by atoms with van der Waals surface area (Å²) in [5.74, 6) is -0.423. The Hall–Kier alpha value is -1.50. The number of benzene rings is 1. The number of halogens is 1. The molecule has 2 aliphatic rings. The van der Waals surface area contributed by atoms with Gasteiger partial charge in [0.2, 0.25) is 5.91 Å². The van der Waals surface area contributed by atoms with Gasteiger partial charge in [-0.2, -0.15) is 0 Å². The van der Waals surface area contributed by atoms with Gasteiger partial charge in [-0.25, -0.2) is 4.39 Å². The van der Waals surface area contributed by atoms with Crippen LogP contribution in [0.4, 0.5) is 10.1 Å². The third kappa shape index (κ3) is 5.23. The van der Waals surface area contributed by atoms with Gasteiger partial charge >= 0.3 is 0 Å². The average molecular weight is 349 g/mol. The summed E-state index contributed by atoms with van der Waals surface area (Å²) >= 11 is 0. The van der Waals surface area contributed by atoms with Crippen molar-refractivity contribution in [1.29, 1.82) is 0 Å². The minimum absolute atomic E-state index is 0.0822. The van der Waals surface area contributed by atoms with Gasteiger partial charge < -0.3 is 10.1 Å². The van der Waals surface area contributed by atoms with E-state index >= 15 is 0 Å². The van der Waals surface area contributed by atoms with Gasteiger partial charge in [0.1, 0.15) is 5.82 Å². The number of carbonyl (C=O) groups excluding carboxylic acids is 1. The van der Waals surface area contributed by atoms with E-state index in [1.165, 1.54) is 12.1 Å². The zero-order valence-corrected chi connectivity index (χ0v) is 15.1. The maximum absolute atomic E-state index is 13.2. The predicted molar refractivity (Wildman–Crippen MR) is 96.1 cm³/mol. The lowest BCUT2D eigenvalue weighted by atomic mass is 10.1. The molecule has 0 bridgehead atoms. The number of anilines is 1. The quantitative estimate of drug-likeness (QED) is 0.886. The number of amides is 1. The molecule has 2 saturated heterocycles. The Morgan fingerprint density at radius 3 is 2.80 bits per heavy atom. The van der Waals surface area contributed by atoms with Gasteiger partial charge in [0.05, 0.1) is 18.8 Å². The first-order chi connectivity index (χ1) is 12.0. The maximum Gasteiger partial charge on any atom is 0.238 e. The van der Waals surface area contributed by atoms with Gasteiger partial charge in [0.15, 0.2) is 0 Å². The van der Waals surface area contributed by atoms with Gasteiger partial charge in [-0.05, 0) is 51.4 Å². The molecule has 2 fully saturated rings. The van der Waals surface area contributed by atoms with Crippen LogP contribution in [0.2, 0.25) is 0 Å². The lowest BCUT2D eigenvalue weighted by molar-refractivity contribution is -0.117. The first-order valence-electron chi connectivity index (χ1n) is 9.17. The molecule has 0 aliphatic carbocycles. The summed E-state index contributed by atoms with van der Waals surface area (Å²) in [5, 5.41) is 2.79. The fraction of sp³-hybridized carbons (Fsp3) is 0.632. The van der Waals surface area contributed by atoms with E-state index in [-0.39, 0.29) is 23.9 Å². The summed E-state index contributed by atoms with van der Waals surface area (Å²) in [4.78, 5) is 17.0. The fourth-order valence-electron chi connectivity index (χ4n) is 3.99. The van der Waals surface area contributed by atoms with Crippen molar-refractivity contribution >= 4 is 11.6 Å². The molecule has 138 valence electrons. The summed E-state index contributed by atoms with van der Waals surface area (Å²) in [5.41, 5.74) is 0.511. The minimum Gasteiger partial charge on any atom is -0.373 e. The Labute approximate surface area is 149 Å². The van der Waals surface area contributed by atoms with E-state index < -0.39 is 0 Å².